The number of carbonyl (C=O) groups excluding carboxylic acids is 2. The van der Waals surface area contributed by atoms with Crippen LogP contribution in [0.3, 0.4) is 0 Å². The van der Waals surface area contributed by atoms with Gasteiger partial charge >= 0.3 is 12.1 Å². The zero-order valence-electron chi connectivity index (χ0n) is 15.7. The number of amides is 1. The summed E-state index contributed by atoms with van der Waals surface area (Å²) < 4.78 is 45.4. The van der Waals surface area contributed by atoms with Crippen LogP contribution in [-0.2, 0) is 15.7 Å². The third-order valence-electron chi connectivity index (χ3n) is 4.35. The Morgan fingerprint density at radius 3 is 2.65 bits per heavy atom. The predicted octanol–water partition coefficient (Wildman–Crippen LogP) is 3.56. The number of aromatic nitrogens is 4. The maximum atomic E-state index is 13.1. The molecule has 2 N–H and O–H groups in total. The second-order valence-electron chi connectivity index (χ2n) is 6.46. The molecule has 0 atom stereocenters. The normalized spacial score (nSPS) is 11.5. The number of hydrogen-bond donors (Lipinski definition) is 2. The van der Waals surface area contributed by atoms with Gasteiger partial charge < -0.3 is 15.0 Å². The van der Waals surface area contributed by atoms with Gasteiger partial charge in [0.05, 0.1) is 16.9 Å². The second kappa shape index (κ2) is 7.94. The molecule has 0 saturated heterocycles. The number of benzene rings is 2. The Morgan fingerprint density at radius 1 is 1.13 bits per heavy atom. The first-order valence-corrected chi connectivity index (χ1v) is 8.92. The number of rotatable bonds is 5. The van der Waals surface area contributed by atoms with Crippen LogP contribution in [0.5, 0.6) is 0 Å². The van der Waals surface area contributed by atoms with E-state index in [0.29, 0.717) is 0 Å². The summed E-state index contributed by atoms with van der Waals surface area (Å²) in [6, 6.07) is 11.5. The molecule has 4 aromatic rings. The summed E-state index contributed by atoms with van der Waals surface area (Å²) in [7, 11) is 0. The number of ether oxygens (including phenoxy) is 1. The molecule has 0 bridgehead atoms. The number of nitrogens with zero attached hydrogens (tertiary/aromatic N) is 3. The molecule has 11 heteroatoms. The number of fused-ring (bicyclic) bond motifs is 1. The number of anilines is 1. The van der Waals surface area contributed by atoms with Gasteiger partial charge in [0.2, 0.25) is 0 Å². The highest BCUT2D eigenvalue weighted by molar-refractivity contribution is 5.98. The highest BCUT2D eigenvalue weighted by atomic mass is 19.4. The molecule has 2 aromatic heterocycles. The molecule has 4 rings (SSSR count). The van der Waals surface area contributed by atoms with E-state index in [2.05, 4.69) is 20.4 Å². The number of halogens is 3. The Bertz CT molecular complexity index is 1220. The van der Waals surface area contributed by atoms with Crippen LogP contribution in [0.25, 0.3) is 16.6 Å². The van der Waals surface area contributed by atoms with E-state index < -0.39 is 30.2 Å². The molecular formula is C20H14F3N5O3. The number of esters is 1. The standard InChI is InChI=1S/C20H14F3N5O3/c21-20(22,23)13-5-6-17(28-11-24-10-25-28)15(8-13)27-18(29)9-31-19(30)16-7-12-3-1-2-4-14(12)26-16/h1-8,10-11,26H,9H2,(H,27,29). The average Bonchev–Trinajstić information content (AvgIpc) is 3.41. The van der Waals surface area contributed by atoms with E-state index in [1.165, 1.54) is 17.3 Å². The fourth-order valence-electron chi connectivity index (χ4n) is 2.92. The van der Waals surface area contributed by atoms with Crippen LogP contribution < -0.4 is 5.32 Å². The number of alkyl halides is 3. The fourth-order valence-corrected chi connectivity index (χ4v) is 2.92. The molecule has 0 radical (unpaired) electrons. The van der Waals surface area contributed by atoms with E-state index in [9.17, 15) is 22.8 Å². The molecular weight excluding hydrogens is 415 g/mol. The maximum Gasteiger partial charge on any atom is 0.416 e. The predicted molar refractivity (Wildman–Crippen MR) is 104 cm³/mol. The lowest BCUT2D eigenvalue weighted by molar-refractivity contribution is -0.137. The lowest BCUT2D eigenvalue weighted by atomic mass is 10.1. The van der Waals surface area contributed by atoms with Crippen LogP contribution in [-0.4, -0.2) is 38.2 Å². The van der Waals surface area contributed by atoms with Crippen LogP contribution in [0.4, 0.5) is 18.9 Å². The molecule has 1 amide bonds. The first kappa shape index (κ1) is 20.1. The summed E-state index contributed by atoms with van der Waals surface area (Å²) in [6.07, 6.45) is -2.14. The van der Waals surface area contributed by atoms with E-state index in [-0.39, 0.29) is 17.1 Å². The number of nitrogens with one attached hydrogen (secondary N) is 2. The topological polar surface area (TPSA) is 102 Å². The molecule has 0 aliphatic carbocycles. The minimum Gasteiger partial charge on any atom is -0.451 e. The lowest BCUT2D eigenvalue weighted by Gasteiger charge is -2.14. The number of aromatic amines is 1. The summed E-state index contributed by atoms with van der Waals surface area (Å²) in [6.45, 7) is -0.693. The summed E-state index contributed by atoms with van der Waals surface area (Å²) >= 11 is 0. The molecule has 2 heterocycles. The van der Waals surface area contributed by atoms with Gasteiger partial charge in [0, 0.05) is 10.9 Å². The fraction of sp³-hybridized carbons (Fsp3) is 0.100. The van der Waals surface area contributed by atoms with Crippen LogP contribution >= 0.6 is 0 Å². The Morgan fingerprint density at radius 2 is 1.94 bits per heavy atom. The second-order valence-corrected chi connectivity index (χ2v) is 6.46. The lowest BCUT2D eigenvalue weighted by Crippen LogP contribution is -2.22. The van der Waals surface area contributed by atoms with Crippen molar-refractivity contribution < 1.29 is 27.5 Å². The minimum absolute atomic E-state index is 0.149. The number of hydrogen-bond acceptors (Lipinski definition) is 5. The summed E-state index contributed by atoms with van der Waals surface area (Å²) in [5.41, 5.74) is -0.0776. The zero-order valence-corrected chi connectivity index (χ0v) is 15.7. The van der Waals surface area contributed by atoms with Gasteiger partial charge in [-0.3, -0.25) is 4.79 Å². The third-order valence-corrected chi connectivity index (χ3v) is 4.35. The van der Waals surface area contributed by atoms with Crippen molar-refractivity contribution >= 4 is 28.5 Å². The number of carbonyl (C=O) groups is 2. The van der Waals surface area contributed by atoms with E-state index in [0.717, 1.165) is 29.1 Å². The van der Waals surface area contributed by atoms with Gasteiger partial charge in [-0.15, -0.1) is 0 Å². The highest BCUT2D eigenvalue weighted by Gasteiger charge is 2.31. The molecule has 0 spiro atoms. The molecule has 0 saturated carbocycles. The van der Waals surface area contributed by atoms with E-state index in [1.807, 2.05) is 0 Å². The van der Waals surface area contributed by atoms with Crippen molar-refractivity contribution in [1.82, 2.24) is 19.7 Å². The van der Waals surface area contributed by atoms with Gasteiger partial charge in [-0.2, -0.15) is 18.3 Å². The SMILES string of the molecule is O=C(COC(=O)c1cc2ccccc2[nH]1)Nc1cc(C(F)(F)F)ccc1-n1cncn1. The van der Waals surface area contributed by atoms with Crippen LogP contribution in [0, 0.1) is 0 Å². The van der Waals surface area contributed by atoms with Gasteiger partial charge in [-0.25, -0.2) is 14.5 Å². The molecule has 158 valence electrons. The number of para-hydroxylation sites is 1. The van der Waals surface area contributed by atoms with Gasteiger partial charge in [0.25, 0.3) is 5.91 Å². The number of H-pyrrole nitrogens is 1. The van der Waals surface area contributed by atoms with Crippen molar-refractivity contribution in [3.05, 3.63) is 72.4 Å². The first-order chi connectivity index (χ1) is 14.8. The molecule has 2 aromatic carbocycles. The zero-order chi connectivity index (χ0) is 22.0. The van der Waals surface area contributed by atoms with Crippen molar-refractivity contribution in [3.63, 3.8) is 0 Å². The van der Waals surface area contributed by atoms with Crippen LogP contribution in [0.15, 0.2) is 61.2 Å². The Hall–Kier alpha value is -4.15. The summed E-state index contributed by atoms with van der Waals surface area (Å²) in [5, 5.41) is 6.99. The van der Waals surface area contributed by atoms with Crippen molar-refractivity contribution in [2.75, 3.05) is 11.9 Å². The van der Waals surface area contributed by atoms with Gasteiger partial charge in [-0.1, -0.05) is 18.2 Å². The van der Waals surface area contributed by atoms with E-state index in [1.54, 1.807) is 30.3 Å². The first-order valence-electron chi connectivity index (χ1n) is 8.92. The smallest absolute Gasteiger partial charge is 0.416 e. The third kappa shape index (κ3) is 4.39. The van der Waals surface area contributed by atoms with Gasteiger partial charge in [0.15, 0.2) is 6.61 Å². The van der Waals surface area contributed by atoms with Gasteiger partial charge in [-0.05, 0) is 30.3 Å². The molecule has 31 heavy (non-hydrogen) atoms. The monoisotopic (exact) mass is 429 g/mol. The summed E-state index contributed by atoms with van der Waals surface area (Å²) in [4.78, 5) is 31.1. The molecule has 0 aliphatic rings. The summed E-state index contributed by atoms with van der Waals surface area (Å²) in [5.74, 6) is -1.59. The Kier molecular flexibility index (Phi) is 5.15. The van der Waals surface area contributed by atoms with E-state index in [4.69, 9.17) is 4.74 Å². The Labute approximate surface area is 172 Å². The molecule has 8 nitrogen and oxygen atoms in total. The van der Waals surface area contributed by atoms with Crippen molar-refractivity contribution in [2.24, 2.45) is 0 Å². The quantitative estimate of drug-likeness (QED) is 0.473. The van der Waals surface area contributed by atoms with Crippen molar-refractivity contribution in [3.8, 4) is 5.69 Å². The van der Waals surface area contributed by atoms with E-state index >= 15 is 0 Å². The highest BCUT2D eigenvalue weighted by Crippen LogP contribution is 2.33. The molecule has 0 aliphatic heterocycles. The van der Waals surface area contributed by atoms with Gasteiger partial charge in [0.1, 0.15) is 18.3 Å². The molecule has 0 fully saturated rings. The maximum absolute atomic E-state index is 13.1. The molecule has 0 unspecified atom stereocenters. The van der Waals surface area contributed by atoms with Crippen LogP contribution in [0.1, 0.15) is 16.1 Å². The average molecular weight is 429 g/mol. The Balaban J connectivity index is 1.49. The van der Waals surface area contributed by atoms with Crippen molar-refractivity contribution in [1.29, 1.82) is 0 Å². The minimum atomic E-state index is -4.61. The largest absolute Gasteiger partial charge is 0.451 e. The van der Waals surface area contributed by atoms with Crippen molar-refractivity contribution in [2.45, 2.75) is 6.18 Å². The van der Waals surface area contributed by atoms with Crippen LogP contribution in [0.2, 0.25) is 0 Å².